The van der Waals surface area contributed by atoms with Gasteiger partial charge in [0.05, 0.1) is 0 Å². The number of hydrogen-bond donors (Lipinski definition) is 2. The molecular weight excluding hydrogens is 192 g/mol. The van der Waals surface area contributed by atoms with Gasteiger partial charge in [-0.05, 0) is 32.2 Å². The van der Waals surface area contributed by atoms with E-state index >= 15 is 0 Å². The number of carboxylic acids is 1. The molecular formula is C11H20N2O2. The van der Waals surface area contributed by atoms with Crippen LogP contribution in [0.25, 0.3) is 0 Å². The fraction of sp³-hybridized carbons (Fsp3) is 0.909. The van der Waals surface area contributed by atoms with Crippen LogP contribution in [0, 0.1) is 0 Å². The molecule has 3 N–H and O–H groups in total. The molecule has 15 heavy (non-hydrogen) atoms. The van der Waals surface area contributed by atoms with Crippen LogP contribution >= 0.6 is 0 Å². The Hall–Kier alpha value is -0.610. The first-order valence-electron chi connectivity index (χ1n) is 5.88. The highest BCUT2D eigenvalue weighted by atomic mass is 16.4. The summed E-state index contributed by atoms with van der Waals surface area (Å²) < 4.78 is 0. The monoisotopic (exact) mass is 212 g/mol. The molecule has 0 radical (unpaired) electrons. The van der Waals surface area contributed by atoms with Gasteiger partial charge in [0, 0.05) is 12.6 Å². The zero-order valence-electron chi connectivity index (χ0n) is 9.11. The molecule has 0 aromatic carbocycles. The van der Waals surface area contributed by atoms with E-state index in [-0.39, 0.29) is 0 Å². The largest absolute Gasteiger partial charge is 0.480 e. The van der Waals surface area contributed by atoms with E-state index in [0.717, 1.165) is 13.0 Å². The summed E-state index contributed by atoms with van der Waals surface area (Å²) in [4.78, 5) is 13.4. The Bertz CT molecular complexity index is 251. The van der Waals surface area contributed by atoms with Gasteiger partial charge < -0.3 is 10.8 Å². The van der Waals surface area contributed by atoms with E-state index in [4.69, 9.17) is 10.8 Å². The number of piperidine rings is 1. The van der Waals surface area contributed by atoms with E-state index in [1.807, 2.05) is 0 Å². The van der Waals surface area contributed by atoms with Gasteiger partial charge in [0.2, 0.25) is 0 Å². The Balaban J connectivity index is 2.00. The van der Waals surface area contributed by atoms with Gasteiger partial charge >= 0.3 is 5.97 Å². The molecule has 0 spiro atoms. The number of aliphatic carboxylic acids is 1. The van der Waals surface area contributed by atoms with Crippen LogP contribution in [-0.2, 0) is 4.79 Å². The summed E-state index contributed by atoms with van der Waals surface area (Å²) >= 11 is 0. The number of nitrogens with zero attached hydrogens (tertiary/aromatic N) is 1. The van der Waals surface area contributed by atoms with E-state index < -0.39 is 11.5 Å². The van der Waals surface area contributed by atoms with Gasteiger partial charge in [-0.15, -0.1) is 0 Å². The highest BCUT2D eigenvalue weighted by molar-refractivity contribution is 5.79. The van der Waals surface area contributed by atoms with E-state index in [1.165, 1.54) is 25.7 Å². The van der Waals surface area contributed by atoms with Gasteiger partial charge in [0.15, 0.2) is 0 Å². The highest BCUT2D eigenvalue weighted by Gasteiger charge is 2.40. The molecule has 4 heteroatoms. The van der Waals surface area contributed by atoms with Crippen LogP contribution in [0.4, 0.5) is 0 Å². The molecule has 1 heterocycles. The van der Waals surface area contributed by atoms with Crippen molar-refractivity contribution in [2.45, 2.75) is 50.1 Å². The van der Waals surface area contributed by atoms with Gasteiger partial charge in [-0.2, -0.15) is 0 Å². The number of likely N-dealkylation sites (tertiary alicyclic amines) is 1. The maximum atomic E-state index is 11.1. The fourth-order valence-electron chi connectivity index (χ4n) is 2.87. The third-order valence-corrected chi connectivity index (χ3v) is 3.82. The van der Waals surface area contributed by atoms with Crippen molar-refractivity contribution >= 4 is 5.97 Å². The van der Waals surface area contributed by atoms with Crippen molar-refractivity contribution in [3.8, 4) is 0 Å². The van der Waals surface area contributed by atoms with Crippen molar-refractivity contribution < 1.29 is 9.90 Å². The molecule has 4 nitrogen and oxygen atoms in total. The molecule has 0 amide bonds. The minimum absolute atomic E-state index is 0.535. The quantitative estimate of drug-likeness (QED) is 0.710. The Morgan fingerprint density at radius 1 is 1.33 bits per heavy atom. The lowest BCUT2D eigenvalue weighted by Crippen LogP contribution is -2.60. The number of carboxylic acid groups (broad SMARTS) is 1. The van der Waals surface area contributed by atoms with Gasteiger partial charge in [0.1, 0.15) is 5.54 Å². The normalized spacial score (nSPS) is 34.5. The number of carbonyl (C=O) groups is 1. The fourth-order valence-corrected chi connectivity index (χ4v) is 2.87. The first-order valence-corrected chi connectivity index (χ1v) is 5.88. The molecule has 86 valence electrons. The van der Waals surface area contributed by atoms with E-state index in [0.29, 0.717) is 19.0 Å². The molecule has 1 aliphatic carbocycles. The van der Waals surface area contributed by atoms with E-state index in [2.05, 4.69) is 4.90 Å². The Morgan fingerprint density at radius 2 is 2.00 bits per heavy atom. The maximum absolute atomic E-state index is 11.1. The van der Waals surface area contributed by atoms with E-state index in [9.17, 15) is 4.79 Å². The average Bonchev–Trinajstić information content (AvgIpc) is 2.70. The van der Waals surface area contributed by atoms with Crippen LogP contribution in [0.1, 0.15) is 38.5 Å². The van der Waals surface area contributed by atoms with Gasteiger partial charge in [-0.3, -0.25) is 9.69 Å². The topological polar surface area (TPSA) is 66.6 Å². The first-order chi connectivity index (χ1) is 7.12. The number of rotatable bonds is 2. The summed E-state index contributed by atoms with van der Waals surface area (Å²) in [5, 5.41) is 9.11. The summed E-state index contributed by atoms with van der Waals surface area (Å²) in [6, 6.07) is 0.590. The summed E-state index contributed by atoms with van der Waals surface area (Å²) in [5.74, 6) is -0.842. The lowest BCUT2D eigenvalue weighted by Gasteiger charge is -2.40. The van der Waals surface area contributed by atoms with Crippen molar-refractivity contribution in [2.75, 3.05) is 13.1 Å². The van der Waals surface area contributed by atoms with Crippen LogP contribution in [0.15, 0.2) is 0 Å². The van der Waals surface area contributed by atoms with Crippen molar-refractivity contribution in [3.63, 3.8) is 0 Å². The second-order valence-electron chi connectivity index (χ2n) is 4.97. The molecule has 1 saturated carbocycles. The van der Waals surface area contributed by atoms with Crippen molar-refractivity contribution in [1.82, 2.24) is 4.90 Å². The summed E-state index contributed by atoms with van der Waals surface area (Å²) in [7, 11) is 0. The molecule has 1 aliphatic heterocycles. The van der Waals surface area contributed by atoms with Crippen LogP contribution in [0.2, 0.25) is 0 Å². The molecule has 0 aromatic heterocycles. The predicted octanol–water partition coefficient (Wildman–Crippen LogP) is 0.807. The standard InChI is InChI=1S/C11H20N2O2/c12-11(10(14)15)6-3-7-13(8-11)9-4-1-2-5-9/h9H,1-8,12H2,(H,14,15). The number of nitrogens with two attached hydrogens (primary N) is 1. The Kier molecular flexibility index (Phi) is 2.98. The predicted molar refractivity (Wildman–Crippen MR) is 57.6 cm³/mol. The molecule has 2 aliphatic rings. The molecule has 2 fully saturated rings. The zero-order chi connectivity index (χ0) is 10.9. The lowest BCUT2D eigenvalue weighted by molar-refractivity contribution is -0.146. The van der Waals surface area contributed by atoms with Crippen molar-refractivity contribution in [1.29, 1.82) is 0 Å². The SMILES string of the molecule is NC1(C(=O)O)CCCN(C2CCCC2)C1. The lowest BCUT2D eigenvalue weighted by atomic mass is 9.89. The molecule has 1 atom stereocenters. The third-order valence-electron chi connectivity index (χ3n) is 3.82. The second-order valence-corrected chi connectivity index (χ2v) is 4.97. The van der Waals surface area contributed by atoms with Gasteiger partial charge in [-0.1, -0.05) is 12.8 Å². The minimum atomic E-state index is -0.999. The van der Waals surface area contributed by atoms with Crippen LogP contribution in [0.3, 0.4) is 0 Å². The van der Waals surface area contributed by atoms with Gasteiger partial charge in [-0.25, -0.2) is 0 Å². The molecule has 1 saturated heterocycles. The van der Waals surface area contributed by atoms with Crippen molar-refractivity contribution in [2.24, 2.45) is 5.73 Å². The van der Waals surface area contributed by atoms with Crippen LogP contribution in [-0.4, -0.2) is 40.6 Å². The number of hydrogen-bond acceptors (Lipinski definition) is 3. The average molecular weight is 212 g/mol. The second kappa shape index (κ2) is 4.10. The Labute approximate surface area is 90.4 Å². The van der Waals surface area contributed by atoms with Crippen molar-refractivity contribution in [3.05, 3.63) is 0 Å². The smallest absolute Gasteiger partial charge is 0.325 e. The third kappa shape index (κ3) is 2.16. The molecule has 0 bridgehead atoms. The maximum Gasteiger partial charge on any atom is 0.325 e. The zero-order valence-corrected chi connectivity index (χ0v) is 9.11. The summed E-state index contributed by atoms with van der Waals surface area (Å²) in [6.07, 6.45) is 6.54. The Morgan fingerprint density at radius 3 is 2.60 bits per heavy atom. The van der Waals surface area contributed by atoms with Crippen LogP contribution < -0.4 is 5.73 Å². The summed E-state index contributed by atoms with van der Waals surface area (Å²) in [6.45, 7) is 1.56. The van der Waals surface area contributed by atoms with E-state index in [1.54, 1.807) is 0 Å². The highest BCUT2D eigenvalue weighted by Crippen LogP contribution is 2.28. The minimum Gasteiger partial charge on any atom is -0.480 e. The van der Waals surface area contributed by atoms with Gasteiger partial charge in [0.25, 0.3) is 0 Å². The van der Waals surface area contributed by atoms with Crippen LogP contribution in [0.5, 0.6) is 0 Å². The first kappa shape index (κ1) is 10.9. The molecule has 0 aromatic rings. The summed E-state index contributed by atoms with van der Waals surface area (Å²) in [5.41, 5.74) is 4.92. The molecule has 2 rings (SSSR count). The molecule has 1 unspecified atom stereocenters.